The van der Waals surface area contributed by atoms with Gasteiger partial charge in [-0.15, -0.1) is 0 Å². The molecule has 7 nitrogen and oxygen atoms in total. The Balaban J connectivity index is 1.40. The van der Waals surface area contributed by atoms with Gasteiger partial charge in [0.1, 0.15) is 0 Å². The van der Waals surface area contributed by atoms with E-state index >= 15 is 0 Å². The summed E-state index contributed by atoms with van der Waals surface area (Å²) in [6, 6.07) is 3.95. The van der Waals surface area contributed by atoms with Gasteiger partial charge < -0.3 is 19.9 Å². The molecule has 148 valence electrons. The van der Waals surface area contributed by atoms with Gasteiger partial charge in [0.15, 0.2) is 0 Å². The quantitative estimate of drug-likeness (QED) is 0.850. The molecule has 2 aliphatic heterocycles. The lowest BCUT2D eigenvalue weighted by atomic mass is 10.2. The topological polar surface area (TPSA) is 70.6 Å². The van der Waals surface area contributed by atoms with Gasteiger partial charge in [0, 0.05) is 30.5 Å². The number of benzene rings is 1. The number of fused-ring (bicyclic) bond motifs is 1. The van der Waals surface area contributed by atoms with Crippen LogP contribution in [0.5, 0.6) is 0 Å². The molecule has 0 unspecified atom stereocenters. The molecule has 2 aliphatic rings. The molecule has 28 heavy (non-hydrogen) atoms. The van der Waals surface area contributed by atoms with Crippen molar-refractivity contribution in [2.24, 2.45) is 0 Å². The zero-order chi connectivity index (χ0) is 19.7. The summed E-state index contributed by atoms with van der Waals surface area (Å²) in [5.41, 5.74) is 1.18. The monoisotopic (exact) mass is 393 g/mol. The van der Waals surface area contributed by atoms with Gasteiger partial charge in [0.05, 0.1) is 37.6 Å². The maximum Gasteiger partial charge on any atom is 0.416 e. The fraction of sp³-hybridized carbons (Fsp3) is 0.389. The second-order valence-corrected chi connectivity index (χ2v) is 6.60. The number of hydrogen-bond acceptors (Lipinski definition) is 5. The molecule has 0 saturated carbocycles. The summed E-state index contributed by atoms with van der Waals surface area (Å²) in [7, 11) is 0. The van der Waals surface area contributed by atoms with Crippen LogP contribution in [-0.2, 0) is 24.0 Å². The summed E-state index contributed by atoms with van der Waals surface area (Å²) in [5, 5.41) is 2.62. The summed E-state index contributed by atoms with van der Waals surface area (Å²) in [6.07, 6.45) is -2.69. The van der Waals surface area contributed by atoms with Gasteiger partial charge >= 0.3 is 12.2 Å². The summed E-state index contributed by atoms with van der Waals surface area (Å²) in [5.74, 6) is 0.618. The van der Waals surface area contributed by atoms with Crippen molar-refractivity contribution < 1.29 is 22.7 Å². The standard InChI is InChI=1S/C18H18F3N5O2/c19-18(20,21)13-1-3-14(4-2-13)23-17(27)26-10-12-9-22-16(24-15(12)11-26)25-5-7-28-8-6-25/h1-4,9H,5-8,10-11H2,(H,23,27). The Morgan fingerprint density at radius 2 is 1.82 bits per heavy atom. The number of aromatic nitrogens is 2. The van der Waals surface area contributed by atoms with E-state index in [2.05, 4.69) is 15.3 Å². The van der Waals surface area contributed by atoms with Crippen LogP contribution in [0, 0.1) is 0 Å². The van der Waals surface area contributed by atoms with Crippen LogP contribution in [0.15, 0.2) is 30.5 Å². The van der Waals surface area contributed by atoms with Crippen molar-refractivity contribution >= 4 is 17.7 Å². The molecule has 0 aliphatic carbocycles. The summed E-state index contributed by atoms with van der Waals surface area (Å²) >= 11 is 0. The van der Waals surface area contributed by atoms with Gasteiger partial charge in [0.2, 0.25) is 5.95 Å². The number of morpholine rings is 1. The highest BCUT2D eigenvalue weighted by atomic mass is 19.4. The molecular weight excluding hydrogens is 375 g/mol. The molecule has 4 rings (SSSR count). The van der Waals surface area contributed by atoms with Crippen LogP contribution in [0.25, 0.3) is 0 Å². The first kappa shape index (κ1) is 18.5. The third-order valence-corrected chi connectivity index (χ3v) is 4.69. The number of halogens is 3. The molecule has 0 radical (unpaired) electrons. The van der Waals surface area contributed by atoms with Crippen molar-refractivity contribution in [3.05, 3.63) is 47.3 Å². The number of anilines is 2. The molecule has 0 atom stereocenters. The van der Waals surface area contributed by atoms with Crippen LogP contribution in [0.3, 0.4) is 0 Å². The molecule has 2 amide bonds. The zero-order valence-corrected chi connectivity index (χ0v) is 14.9. The number of alkyl halides is 3. The average molecular weight is 393 g/mol. The van der Waals surface area contributed by atoms with Gasteiger partial charge in [-0.2, -0.15) is 13.2 Å². The van der Waals surface area contributed by atoms with Crippen LogP contribution in [0.1, 0.15) is 16.8 Å². The van der Waals surface area contributed by atoms with Crippen LogP contribution in [0.2, 0.25) is 0 Å². The Morgan fingerprint density at radius 1 is 1.11 bits per heavy atom. The van der Waals surface area contributed by atoms with Crippen molar-refractivity contribution in [2.45, 2.75) is 19.3 Å². The number of carbonyl (C=O) groups excluding carboxylic acids is 1. The van der Waals surface area contributed by atoms with Crippen molar-refractivity contribution in [1.29, 1.82) is 0 Å². The van der Waals surface area contributed by atoms with Crippen molar-refractivity contribution in [3.63, 3.8) is 0 Å². The summed E-state index contributed by atoms with van der Waals surface area (Å²) < 4.78 is 43.2. The molecule has 1 aromatic heterocycles. The van der Waals surface area contributed by atoms with E-state index in [-0.39, 0.29) is 0 Å². The highest BCUT2D eigenvalue weighted by Crippen LogP contribution is 2.30. The van der Waals surface area contributed by atoms with Gasteiger partial charge in [-0.05, 0) is 24.3 Å². The Kier molecular flexibility index (Phi) is 4.80. The van der Waals surface area contributed by atoms with E-state index in [9.17, 15) is 18.0 Å². The molecule has 3 heterocycles. The molecule has 1 N–H and O–H groups in total. The van der Waals surface area contributed by atoms with E-state index in [1.807, 2.05) is 4.90 Å². The Labute approximate surface area is 159 Å². The molecule has 1 aromatic carbocycles. The fourth-order valence-corrected chi connectivity index (χ4v) is 3.15. The average Bonchev–Trinajstić information content (AvgIpc) is 3.12. The van der Waals surface area contributed by atoms with Gasteiger partial charge in [-0.3, -0.25) is 0 Å². The molecular formula is C18H18F3N5O2. The number of nitrogens with one attached hydrogen (secondary N) is 1. The van der Waals surface area contributed by atoms with Gasteiger partial charge in [0.25, 0.3) is 0 Å². The second-order valence-electron chi connectivity index (χ2n) is 6.60. The third-order valence-electron chi connectivity index (χ3n) is 4.69. The normalized spacial score (nSPS) is 16.8. The first-order valence-electron chi connectivity index (χ1n) is 8.81. The predicted octanol–water partition coefficient (Wildman–Crippen LogP) is 2.88. The van der Waals surface area contributed by atoms with Crippen molar-refractivity contribution in [1.82, 2.24) is 14.9 Å². The fourth-order valence-electron chi connectivity index (χ4n) is 3.15. The zero-order valence-electron chi connectivity index (χ0n) is 14.9. The van der Waals surface area contributed by atoms with E-state index in [1.54, 1.807) is 11.1 Å². The maximum atomic E-state index is 12.6. The van der Waals surface area contributed by atoms with Gasteiger partial charge in [-0.1, -0.05) is 0 Å². The second kappa shape index (κ2) is 7.27. The Morgan fingerprint density at radius 3 is 2.50 bits per heavy atom. The summed E-state index contributed by atoms with van der Waals surface area (Å²) in [6.45, 7) is 3.37. The number of amides is 2. The summed E-state index contributed by atoms with van der Waals surface area (Å²) in [4.78, 5) is 25.0. The predicted molar refractivity (Wildman–Crippen MR) is 94.8 cm³/mol. The number of ether oxygens (including phenoxy) is 1. The minimum absolute atomic E-state index is 0.300. The Hall–Kier alpha value is -2.88. The molecule has 0 bridgehead atoms. The third kappa shape index (κ3) is 3.86. The number of nitrogens with zero attached hydrogens (tertiary/aromatic N) is 4. The smallest absolute Gasteiger partial charge is 0.378 e. The Bertz CT molecular complexity index is 867. The van der Waals surface area contributed by atoms with Crippen molar-refractivity contribution in [2.75, 3.05) is 36.5 Å². The molecule has 10 heteroatoms. The first-order valence-corrected chi connectivity index (χ1v) is 8.81. The van der Waals surface area contributed by atoms with Crippen LogP contribution in [-0.4, -0.2) is 47.2 Å². The van der Waals surface area contributed by atoms with E-state index < -0.39 is 17.8 Å². The maximum absolute atomic E-state index is 12.6. The van der Waals surface area contributed by atoms with E-state index in [0.29, 0.717) is 37.9 Å². The number of rotatable bonds is 2. The molecule has 2 aromatic rings. The number of hydrogen-bond donors (Lipinski definition) is 1. The minimum Gasteiger partial charge on any atom is -0.378 e. The minimum atomic E-state index is -4.41. The lowest BCUT2D eigenvalue weighted by molar-refractivity contribution is -0.137. The SMILES string of the molecule is O=C(Nc1ccc(C(F)(F)F)cc1)N1Cc2cnc(N3CCOCC3)nc2C1. The highest BCUT2D eigenvalue weighted by Gasteiger charge is 2.30. The first-order chi connectivity index (χ1) is 13.4. The van der Waals surface area contributed by atoms with Gasteiger partial charge in [-0.25, -0.2) is 14.8 Å². The number of carbonyl (C=O) groups is 1. The highest BCUT2D eigenvalue weighted by molar-refractivity contribution is 5.89. The largest absolute Gasteiger partial charge is 0.416 e. The van der Waals surface area contributed by atoms with Crippen LogP contribution < -0.4 is 10.2 Å². The van der Waals surface area contributed by atoms with E-state index in [1.165, 1.54) is 12.1 Å². The molecule has 0 spiro atoms. The molecule has 1 fully saturated rings. The lowest BCUT2D eigenvalue weighted by Gasteiger charge is -2.26. The van der Waals surface area contributed by atoms with Crippen LogP contribution in [0.4, 0.5) is 29.6 Å². The lowest BCUT2D eigenvalue weighted by Crippen LogP contribution is -2.37. The van der Waals surface area contributed by atoms with E-state index in [4.69, 9.17) is 4.74 Å². The molecule has 1 saturated heterocycles. The van der Waals surface area contributed by atoms with Crippen molar-refractivity contribution in [3.8, 4) is 0 Å². The number of urea groups is 1. The van der Waals surface area contributed by atoms with E-state index in [0.717, 1.165) is 36.5 Å². The van der Waals surface area contributed by atoms with Crippen LogP contribution >= 0.6 is 0 Å².